The van der Waals surface area contributed by atoms with E-state index >= 15 is 0 Å². The molecule has 1 heterocycles. The van der Waals surface area contributed by atoms with Crippen LogP contribution < -0.4 is 20.1 Å². The van der Waals surface area contributed by atoms with Gasteiger partial charge in [-0.15, -0.1) is 5.10 Å². The van der Waals surface area contributed by atoms with Crippen LogP contribution in [0.1, 0.15) is 18.1 Å². The van der Waals surface area contributed by atoms with Crippen molar-refractivity contribution in [2.75, 3.05) is 21.3 Å². The van der Waals surface area contributed by atoms with Gasteiger partial charge in [-0.2, -0.15) is 0 Å². The molecule has 4 N–H and O–H groups in total. The molecule has 0 saturated carbocycles. The third kappa shape index (κ3) is 2.98. The highest BCUT2D eigenvalue weighted by Gasteiger charge is 2.31. The number of rotatable bonds is 4. The van der Waals surface area contributed by atoms with Crippen molar-refractivity contribution in [1.82, 2.24) is 0 Å². The second-order valence-electron chi connectivity index (χ2n) is 4.28. The van der Waals surface area contributed by atoms with E-state index in [2.05, 4.69) is 5.10 Å². The van der Waals surface area contributed by atoms with Gasteiger partial charge >= 0.3 is 0 Å². The molecule has 0 amide bonds. The Balaban J connectivity index is 0.00000242. The Morgan fingerprint density at radius 1 is 1.23 bits per heavy atom. The molecule has 1 aromatic carbocycles. The van der Waals surface area contributed by atoms with Gasteiger partial charge in [-0.1, -0.05) is 0 Å². The molecule has 0 spiro atoms. The Hall–Kier alpha value is -2.70. The highest BCUT2D eigenvalue weighted by atomic mass is 16.5. The lowest BCUT2D eigenvalue weighted by Crippen LogP contribution is -2.04. The van der Waals surface area contributed by atoms with Crippen LogP contribution >= 0.6 is 0 Å². The lowest BCUT2D eigenvalue weighted by Gasteiger charge is -2.16. The van der Waals surface area contributed by atoms with Crippen molar-refractivity contribution in [3.8, 4) is 17.2 Å². The minimum absolute atomic E-state index is 0. The van der Waals surface area contributed by atoms with Crippen LogP contribution in [-0.4, -0.2) is 38.6 Å². The van der Waals surface area contributed by atoms with Gasteiger partial charge in [0.1, 0.15) is 17.6 Å². The summed E-state index contributed by atoms with van der Waals surface area (Å²) in [6.45, 7) is 0. The maximum atomic E-state index is 10.9. The summed E-state index contributed by atoms with van der Waals surface area (Å²) in [6, 6.07) is 3.52. The third-order valence-corrected chi connectivity index (χ3v) is 3.20. The van der Waals surface area contributed by atoms with E-state index in [1.807, 2.05) is 0 Å². The number of hydrazone groups is 1. The van der Waals surface area contributed by atoms with Crippen LogP contribution in [0.2, 0.25) is 0 Å². The minimum atomic E-state index is -0.405. The van der Waals surface area contributed by atoms with E-state index in [1.165, 1.54) is 21.3 Å². The number of hydrogen-bond donors (Lipinski definition) is 1. The molecule has 1 unspecified atom stereocenters. The SMILES string of the molecule is COc1cc(C2CC(=C=O)C(=NN)O2)cc(OC)c1OC.O. The predicted molar refractivity (Wildman–Crippen MR) is 79.0 cm³/mol. The van der Waals surface area contributed by atoms with Gasteiger partial charge in [-0.3, -0.25) is 0 Å². The van der Waals surface area contributed by atoms with Crippen LogP contribution in [0.4, 0.5) is 0 Å². The zero-order valence-electron chi connectivity index (χ0n) is 12.5. The van der Waals surface area contributed by atoms with Crippen LogP contribution in [-0.2, 0) is 9.53 Å². The largest absolute Gasteiger partial charge is 0.493 e. The van der Waals surface area contributed by atoms with Crippen LogP contribution in [0.5, 0.6) is 17.2 Å². The molecule has 1 aliphatic rings. The summed E-state index contributed by atoms with van der Waals surface area (Å²) in [4.78, 5) is 10.9. The van der Waals surface area contributed by atoms with E-state index in [9.17, 15) is 4.79 Å². The molecule has 22 heavy (non-hydrogen) atoms. The molecule has 1 atom stereocenters. The van der Waals surface area contributed by atoms with E-state index in [1.54, 1.807) is 18.1 Å². The second kappa shape index (κ2) is 7.35. The van der Waals surface area contributed by atoms with E-state index in [0.717, 1.165) is 5.56 Å². The van der Waals surface area contributed by atoms with Gasteiger partial charge in [-0.25, -0.2) is 4.79 Å². The topological polar surface area (TPSA) is 124 Å². The zero-order chi connectivity index (χ0) is 15.4. The first-order valence-electron chi connectivity index (χ1n) is 6.17. The van der Waals surface area contributed by atoms with Gasteiger partial charge in [0.25, 0.3) is 0 Å². The number of nitrogens with zero attached hydrogens (tertiary/aromatic N) is 1. The number of methoxy groups -OCH3 is 3. The van der Waals surface area contributed by atoms with E-state index in [0.29, 0.717) is 29.2 Å². The second-order valence-corrected chi connectivity index (χ2v) is 4.28. The molecular formula is C14H18N2O6. The molecule has 0 bridgehead atoms. The summed E-state index contributed by atoms with van der Waals surface area (Å²) in [6.07, 6.45) is -0.0736. The summed E-state index contributed by atoms with van der Waals surface area (Å²) in [5.74, 6) is 8.58. The highest BCUT2D eigenvalue weighted by Crippen LogP contribution is 2.42. The first-order valence-corrected chi connectivity index (χ1v) is 6.17. The molecule has 1 aromatic rings. The smallest absolute Gasteiger partial charge is 0.245 e. The monoisotopic (exact) mass is 310 g/mol. The Kier molecular flexibility index (Phi) is 5.80. The fourth-order valence-electron chi connectivity index (χ4n) is 2.19. The number of carbonyl (C=O) groups excluding carboxylic acids is 1. The minimum Gasteiger partial charge on any atom is -0.493 e. The van der Waals surface area contributed by atoms with Crippen LogP contribution in [0, 0.1) is 0 Å². The molecule has 0 radical (unpaired) electrons. The van der Waals surface area contributed by atoms with Crippen molar-refractivity contribution in [2.24, 2.45) is 10.9 Å². The van der Waals surface area contributed by atoms with Crippen molar-refractivity contribution in [3.05, 3.63) is 23.3 Å². The normalized spacial score (nSPS) is 18.2. The van der Waals surface area contributed by atoms with Crippen molar-refractivity contribution in [3.63, 3.8) is 0 Å². The summed E-state index contributed by atoms with van der Waals surface area (Å²) in [7, 11) is 4.58. The van der Waals surface area contributed by atoms with Gasteiger partial charge < -0.3 is 30.3 Å². The van der Waals surface area contributed by atoms with E-state index < -0.39 is 6.10 Å². The van der Waals surface area contributed by atoms with Gasteiger partial charge in [-0.05, 0) is 12.1 Å². The van der Waals surface area contributed by atoms with Gasteiger partial charge in [0.15, 0.2) is 11.5 Å². The third-order valence-electron chi connectivity index (χ3n) is 3.20. The maximum Gasteiger partial charge on any atom is 0.245 e. The summed E-state index contributed by atoms with van der Waals surface area (Å²) < 4.78 is 21.4. The average molecular weight is 310 g/mol. The number of hydrogen-bond acceptors (Lipinski definition) is 7. The quantitative estimate of drug-likeness (QED) is 0.487. The molecule has 0 aromatic heterocycles. The summed E-state index contributed by atoms with van der Waals surface area (Å²) >= 11 is 0. The molecule has 2 rings (SSSR count). The van der Waals surface area contributed by atoms with Crippen molar-refractivity contribution in [1.29, 1.82) is 0 Å². The predicted octanol–water partition coefficient (Wildman–Crippen LogP) is 0.379. The Bertz CT molecular complexity index is 597. The van der Waals surface area contributed by atoms with Crippen LogP contribution in [0.25, 0.3) is 0 Å². The lowest BCUT2D eigenvalue weighted by molar-refractivity contribution is 0.221. The average Bonchev–Trinajstić information content (AvgIpc) is 2.96. The van der Waals surface area contributed by atoms with Gasteiger partial charge in [0, 0.05) is 12.0 Å². The van der Waals surface area contributed by atoms with E-state index in [-0.39, 0.29) is 11.4 Å². The summed E-state index contributed by atoms with van der Waals surface area (Å²) in [5, 5.41) is 3.44. The Morgan fingerprint density at radius 2 is 1.82 bits per heavy atom. The number of benzene rings is 1. The van der Waals surface area contributed by atoms with Crippen LogP contribution in [0.15, 0.2) is 22.8 Å². The van der Waals surface area contributed by atoms with Crippen molar-refractivity contribution < 1.29 is 29.2 Å². The molecule has 120 valence electrons. The van der Waals surface area contributed by atoms with E-state index in [4.69, 9.17) is 24.8 Å². The molecule has 1 saturated heterocycles. The fraction of sp³-hybridized carbons (Fsp3) is 0.357. The standard InChI is InChI=1S/C14H16N2O5.H2O/c1-18-11-4-8(5-12(19-2)13(11)20-3)10-6-9(7-17)14(16-15)21-10;/h4-5,10H,6,15H2,1-3H3;1H2. The number of nitrogens with two attached hydrogens (primary N) is 1. The van der Waals surface area contributed by atoms with Crippen molar-refractivity contribution in [2.45, 2.75) is 12.5 Å². The number of ether oxygens (including phenoxy) is 4. The first kappa shape index (κ1) is 17.4. The van der Waals surface area contributed by atoms with Crippen molar-refractivity contribution >= 4 is 11.8 Å². The molecular weight excluding hydrogens is 292 g/mol. The molecule has 0 aliphatic carbocycles. The van der Waals surface area contributed by atoms with Crippen LogP contribution in [0.3, 0.4) is 0 Å². The highest BCUT2D eigenvalue weighted by molar-refractivity contribution is 6.02. The lowest BCUT2D eigenvalue weighted by atomic mass is 10.0. The Labute approximate surface area is 127 Å². The maximum absolute atomic E-state index is 10.9. The molecule has 8 heteroatoms. The van der Waals surface area contributed by atoms with Gasteiger partial charge in [0.05, 0.1) is 21.3 Å². The zero-order valence-corrected chi connectivity index (χ0v) is 12.5. The Morgan fingerprint density at radius 3 is 2.18 bits per heavy atom. The fourth-order valence-corrected chi connectivity index (χ4v) is 2.19. The molecule has 8 nitrogen and oxygen atoms in total. The summed E-state index contributed by atoms with van der Waals surface area (Å²) in [5.41, 5.74) is 1.06. The molecule has 1 fully saturated rings. The first-order chi connectivity index (χ1) is 10.2. The van der Waals surface area contributed by atoms with Gasteiger partial charge in [0.2, 0.25) is 11.6 Å². The molecule has 1 aliphatic heterocycles.